The molecule has 0 radical (unpaired) electrons. The molecule has 0 aliphatic heterocycles. The lowest BCUT2D eigenvalue weighted by Crippen LogP contribution is -2.30. The molecule has 29 heavy (non-hydrogen) atoms. The number of esters is 1. The zero-order chi connectivity index (χ0) is 20.3. The number of amides is 1. The predicted octanol–water partition coefficient (Wildman–Crippen LogP) is 3.78. The summed E-state index contributed by atoms with van der Waals surface area (Å²) in [5, 5.41) is 2.75. The van der Waals surface area contributed by atoms with Gasteiger partial charge in [0.15, 0.2) is 6.61 Å². The van der Waals surface area contributed by atoms with Crippen LogP contribution in [0.1, 0.15) is 21.5 Å². The molecule has 3 aromatic rings. The molecular weight excluding hydrogens is 366 g/mol. The molecule has 0 saturated carbocycles. The monoisotopic (exact) mass is 389 g/mol. The second-order valence-corrected chi connectivity index (χ2v) is 6.43. The Hall–Kier alpha value is -3.60. The summed E-state index contributed by atoms with van der Waals surface area (Å²) in [7, 11) is 0. The first-order valence-electron chi connectivity index (χ1n) is 9.46. The highest BCUT2D eigenvalue weighted by Crippen LogP contribution is 2.20. The van der Waals surface area contributed by atoms with E-state index in [0.29, 0.717) is 24.5 Å². The average Bonchev–Trinajstić information content (AvgIpc) is 2.78. The summed E-state index contributed by atoms with van der Waals surface area (Å²) >= 11 is 0. The fourth-order valence-electron chi connectivity index (χ4n) is 2.75. The van der Waals surface area contributed by atoms with Crippen molar-refractivity contribution in [1.29, 1.82) is 0 Å². The number of para-hydroxylation sites is 1. The van der Waals surface area contributed by atoms with Gasteiger partial charge in [-0.2, -0.15) is 0 Å². The fraction of sp³-hybridized carbons (Fsp3) is 0.167. The van der Waals surface area contributed by atoms with Crippen LogP contribution in [0, 0.1) is 0 Å². The van der Waals surface area contributed by atoms with Crippen LogP contribution in [-0.2, 0) is 22.6 Å². The van der Waals surface area contributed by atoms with Gasteiger partial charge in [-0.15, -0.1) is 0 Å². The van der Waals surface area contributed by atoms with Gasteiger partial charge in [0.1, 0.15) is 17.9 Å². The van der Waals surface area contributed by atoms with Gasteiger partial charge in [0.05, 0.1) is 0 Å². The van der Waals surface area contributed by atoms with Crippen molar-refractivity contribution in [3.8, 4) is 5.75 Å². The Balaban J connectivity index is 1.47. The summed E-state index contributed by atoms with van der Waals surface area (Å²) < 4.78 is 10.9. The summed E-state index contributed by atoms with van der Waals surface area (Å²) in [5.74, 6) is -0.505. The van der Waals surface area contributed by atoms with E-state index < -0.39 is 5.97 Å². The Kier molecular flexibility index (Phi) is 7.41. The van der Waals surface area contributed by atoms with Crippen LogP contribution >= 0.6 is 0 Å². The van der Waals surface area contributed by atoms with Gasteiger partial charge < -0.3 is 14.8 Å². The maximum atomic E-state index is 12.4. The van der Waals surface area contributed by atoms with Crippen molar-refractivity contribution in [1.82, 2.24) is 5.32 Å². The van der Waals surface area contributed by atoms with E-state index in [-0.39, 0.29) is 12.5 Å². The van der Waals surface area contributed by atoms with Crippen molar-refractivity contribution in [2.24, 2.45) is 0 Å². The van der Waals surface area contributed by atoms with E-state index in [1.807, 2.05) is 60.7 Å². The fourth-order valence-corrected chi connectivity index (χ4v) is 2.75. The second-order valence-electron chi connectivity index (χ2n) is 6.43. The SMILES string of the molecule is O=C(COC(=O)c1ccccc1OCc1ccccc1)NCCc1ccccc1. The minimum absolute atomic E-state index is 0.292. The highest BCUT2D eigenvalue weighted by atomic mass is 16.5. The van der Waals surface area contributed by atoms with Crippen molar-refractivity contribution in [3.63, 3.8) is 0 Å². The van der Waals surface area contributed by atoms with Gasteiger partial charge in [-0.1, -0.05) is 72.8 Å². The molecule has 1 N–H and O–H groups in total. The first-order chi connectivity index (χ1) is 14.2. The highest BCUT2D eigenvalue weighted by molar-refractivity contribution is 5.93. The van der Waals surface area contributed by atoms with Gasteiger partial charge in [0, 0.05) is 6.54 Å². The van der Waals surface area contributed by atoms with E-state index in [9.17, 15) is 9.59 Å². The lowest BCUT2D eigenvalue weighted by Gasteiger charge is -2.11. The second kappa shape index (κ2) is 10.7. The summed E-state index contributed by atoms with van der Waals surface area (Å²) in [6.07, 6.45) is 0.719. The number of hydrogen-bond donors (Lipinski definition) is 1. The zero-order valence-electron chi connectivity index (χ0n) is 16.0. The molecule has 0 aliphatic carbocycles. The van der Waals surface area contributed by atoms with Crippen LogP contribution in [0.5, 0.6) is 5.75 Å². The molecule has 0 saturated heterocycles. The summed E-state index contributed by atoms with van der Waals surface area (Å²) in [5.41, 5.74) is 2.42. The van der Waals surface area contributed by atoms with Crippen LogP contribution < -0.4 is 10.1 Å². The maximum absolute atomic E-state index is 12.4. The van der Waals surface area contributed by atoms with Crippen LogP contribution in [0.25, 0.3) is 0 Å². The van der Waals surface area contributed by atoms with Crippen molar-refractivity contribution < 1.29 is 19.1 Å². The maximum Gasteiger partial charge on any atom is 0.342 e. The Morgan fingerprint density at radius 3 is 2.10 bits per heavy atom. The van der Waals surface area contributed by atoms with Gasteiger partial charge in [-0.25, -0.2) is 4.79 Å². The van der Waals surface area contributed by atoms with Gasteiger partial charge in [0.2, 0.25) is 0 Å². The van der Waals surface area contributed by atoms with Gasteiger partial charge in [-0.05, 0) is 29.7 Å². The Morgan fingerprint density at radius 1 is 0.759 bits per heavy atom. The van der Waals surface area contributed by atoms with Gasteiger partial charge in [-0.3, -0.25) is 4.79 Å². The van der Waals surface area contributed by atoms with E-state index in [1.54, 1.807) is 24.3 Å². The largest absolute Gasteiger partial charge is 0.488 e. The number of benzene rings is 3. The quantitative estimate of drug-likeness (QED) is 0.566. The minimum atomic E-state index is -0.591. The predicted molar refractivity (Wildman–Crippen MR) is 111 cm³/mol. The lowest BCUT2D eigenvalue weighted by atomic mass is 10.1. The number of rotatable bonds is 9. The molecule has 0 unspecified atom stereocenters. The van der Waals surface area contributed by atoms with Gasteiger partial charge >= 0.3 is 5.97 Å². The molecule has 0 atom stereocenters. The Bertz CT molecular complexity index is 926. The Morgan fingerprint density at radius 2 is 1.38 bits per heavy atom. The molecule has 0 bridgehead atoms. The van der Waals surface area contributed by atoms with Crippen molar-refractivity contribution >= 4 is 11.9 Å². The number of carbonyl (C=O) groups excluding carboxylic acids is 2. The topological polar surface area (TPSA) is 64.6 Å². The first-order valence-corrected chi connectivity index (χ1v) is 9.46. The molecule has 0 heterocycles. The smallest absolute Gasteiger partial charge is 0.342 e. The van der Waals surface area contributed by atoms with Crippen LogP contribution in [0.4, 0.5) is 0 Å². The molecule has 0 aromatic heterocycles. The summed E-state index contributed by atoms with van der Waals surface area (Å²) in [4.78, 5) is 24.3. The van der Waals surface area contributed by atoms with E-state index in [1.165, 1.54) is 0 Å². The highest BCUT2D eigenvalue weighted by Gasteiger charge is 2.15. The molecule has 3 aromatic carbocycles. The third-order valence-corrected chi connectivity index (χ3v) is 4.26. The normalized spacial score (nSPS) is 10.2. The van der Waals surface area contributed by atoms with Crippen molar-refractivity contribution in [2.45, 2.75) is 13.0 Å². The molecule has 0 fully saturated rings. The molecule has 148 valence electrons. The van der Waals surface area contributed by atoms with Crippen LogP contribution in [0.3, 0.4) is 0 Å². The number of hydrogen-bond acceptors (Lipinski definition) is 4. The molecule has 0 aliphatic rings. The van der Waals surface area contributed by atoms with Crippen molar-refractivity contribution in [2.75, 3.05) is 13.2 Å². The van der Waals surface area contributed by atoms with Crippen molar-refractivity contribution in [3.05, 3.63) is 102 Å². The molecule has 1 amide bonds. The minimum Gasteiger partial charge on any atom is -0.488 e. The zero-order valence-corrected chi connectivity index (χ0v) is 16.0. The number of ether oxygens (including phenoxy) is 2. The van der Waals surface area contributed by atoms with E-state index >= 15 is 0 Å². The molecule has 0 spiro atoms. The van der Waals surface area contributed by atoms with E-state index in [2.05, 4.69) is 5.32 Å². The number of nitrogens with one attached hydrogen (secondary N) is 1. The summed E-state index contributed by atoms with van der Waals surface area (Å²) in [6, 6.07) is 26.4. The third kappa shape index (κ3) is 6.50. The average molecular weight is 389 g/mol. The lowest BCUT2D eigenvalue weighted by molar-refractivity contribution is -0.124. The molecule has 3 rings (SSSR count). The first kappa shape index (κ1) is 20.1. The summed E-state index contributed by atoms with van der Waals surface area (Å²) in [6.45, 7) is 0.489. The Labute approximate surface area is 170 Å². The van der Waals surface area contributed by atoms with E-state index in [0.717, 1.165) is 17.5 Å². The molecular formula is C24H23NO4. The molecule has 5 nitrogen and oxygen atoms in total. The van der Waals surface area contributed by atoms with E-state index in [4.69, 9.17) is 9.47 Å². The van der Waals surface area contributed by atoms with Crippen LogP contribution in [-0.4, -0.2) is 25.0 Å². The van der Waals surface area contributed by atoms with Gasteiger partial charge in [0.25, 0.3) is 5.91 Å². The standard InChI is InChI=1S/C24H23NO4/c26-23(25-16-15-19-9-3-1-4-10-19)18-29-24(27)21-13-7-8-14-22(21)28-17-20-11-5-2-6-12-20/h1-14H,15-18H2,(H,25,26). The van der Waals surface area contributed by atoms with Crippen LogP contribution in [0.15, 0.2) is 84.9 Å². The van der Waals surface area contributed by atoms with Crippen LogP contribution in [0.2, 0.25) is 0 Å². The number of carbonyl (C=O) groups is 2. The third-order valence-electron chi connectivity index (χ3n) is 4.26. The molecule has 5 heteroatoms.